The predicted molar refractivity (Wildman–Crippen MR) is 120 cm³/mol. The van der Waals surface area contributed by atoms with Crippen molar-refractivity contribution in [2.24, 2.45) is 0 Å². The Labute approximate surface area is 191 Å². The molecule has 0 aliphatic heterocycles. The summed E-state index contributed by atoms with van der Waals surface area (Å²) in [4.78, 5) is 31.0. The Morgan fingerprint density at radius 2 is 1.84 bits per heavy atom. The number of amides is 2. The molecule has 0 unspecified atom stereocenters. The van der Waals surface area contributed by atoms with Crippen molar-refractivity contribution < 1.29 is 23.8 Å². The predicted octanol–water partition coefficient (Wildman–Crippen LogP) is 3.01. The molecule has 0 radical (unpaired) electrons. The average Bonchev–Trinajstić information content (AvgIpc) is 3.24. The van der Waals surface area contributed by atoms with Crippen LogP contribution in [0.1, 0.15) is 28.3 Å². The second-order valence-corrected chi connectivity index (χ2v) is 8.01. The van der Waals surface area contributed by atoms with E-state index in [1.807, 2.05) is 0 Å². The summed E-state index contributed by atoms with van der Waals surface area (Å²) in [6, 6.07) is 6.83. The molecule has 0 saturated carbocycles. The van der Waals surface area contributed by atoms with Gasteiger partial charge in [-0.05, 0) is 37.1 Å². The third-order valence-electron chi connectivity index (χ3n) is 4.23. The third kappa shape index (κ3) is 9.22. The monoisotopic (exact) mass is 469 g/mol. The van der Waals surface area contributed by atoms with Crippen molar-refractivity contribution >= 4 is 34.8 Å². The first-order valence-corrected chi connectivity index (χ1v) is 11.2. The van der Waals surface area contributed by atoms with E-state index in [2.05, 4.69) is 10.3 Å². The van der Waals surface area contributed by atoms with Crippen LogP contribution in [-0.2, 0) is 20.8 Å². The van der Waals surface area contributed by atoms with Crippen LogP contribution in [0.3, 0.4) is 0 Å². The molecular formula is C21H28ClN3O5S. The zero-order chi connectivity index (χ0) is 22.5. The Morgan fingerprint density at radius 3 is 2.55 bits per heavy atom. The highest BCUT2D eigenvalue weighted by Crippen LogP contribution is 2.17. The molecule has 1 aromatic heterocycles. The first-order chi connectivity index (χ1) is 15.0. The Hall–Kier alpha value is -2.20. The van der Waals surface area contributed by atoms with E-state index >= 15 is 0 Å². The number of carbonyl (C=O) groups is 2. The highest BCUT2D eigenvalue weighted by Gasteiger charge is 2.18. The number of hydrogen-bond acceptors (Lipinski definition) is 7. The average molecular weight is 470 g/mol. The molecule has 0 aliphatic rings. The van der Waals surface area contributed by atoms with E-state index in [-0.39, 0.29) is 18.4 Å². The van der Waals surface area contributed by atoms with Crippen LogP contribution in [0.5, 0.6) is 5.75 Å². The fourth-order valence-corrected chi connectivity index (χ4v) is 3.53. The van der Waals surface area contributed by atoms with Gasteiger partial charge in [0.15, 0.2) is 6.61 Å². The van der Waals surface area contributed by atoms with Gasteiger partial charge in [-0.15, -0.1) is 11.3 Å². The van der Waals surface area contributed by atoms with Gasteiger partial charge in [-0.3, -0.25) is 9.59 Å². The number of halogens is 1. The number of nitrogens with zero attached hydrogens (tertiary/aromatic N) is 2. The lowest BCUT2D eigenvalue weighted by atomic mass is 10.3. The maximum Gasteiger partial charge on any atom is 0.270 e. The summed E-state index contributed by atoms with van der Waals surface area (Å²) in [7, 11) is 3.24. The molecular weight excluding hydrogens is 442 g/mol. The van der Waals surface area contributed by atoms with Crippen molar-refractivity contribution in [3.05, 3.63) is 45.4 Å². The summed E-state index contributed by atoms with van der Waals surface area (Å²) in [6.07, 6.45) is 1.41. The van der Waals surface area contributed by atoms with Gasteiger partial charge in [0.1, 0.15) is 16.5 Å². The van der Waals surface area contributed by atoms with E-state index in [9.17, 15) is 9.59 Å². The summed E-state index contributed by atoms with van der Waals surface area (Å²) in [5, 5.41) is 5.78. The van der Waals surface area contributed by atoms with Crippen LogP contribution in [0.2, 0.25) is 5.02 Å². The van der Waals surface area contributed by atoms with E-state index in [4.69, 9.17) is 25.8 Å². The molecule has 170 valence electrons. The Bertz CT molecular complexity index is 816. The van der Waals surface area contributed by atoms with E-state index in [1.165, 1.54) is 11.3 Å². The third-order valence-corrected chi connectivity index (χ3v) is 5.31. The Morgan fingerprint density at radius 1 is 1.13 bits per heavy atom. The molecule has 1 N–H and O–H groups in total. The van der Waals surface area contributed by atoms with Gasteiger partial charge >= 0.3 is 0 Å². The van der Waals surface area contributed by atoms with Gasteiger partial charge in [0.05, 0.1) is 6.54 Å². The minimum atomic E-state index is -0.234. The number of thiazole rings is 1. The molecule has 0 spiro atoms. The molecule has 0 aliphatic carbocycles. The lowest BCUT2D eigenvalue weighted by molar-refractivity contribution is -0.134. The minimum absolute atomic E-state index is 0.104. The summed E-state index contributed by atoms with van der Waals surface area (Å²) < 4.78 is 15.6. The molecule has 0 bridgehead atoms. The first-order valence-electron chi connectivity index (χ1n) is 9.90. The number of nitrogens with one attached hydrogen (secondary N) is 1. The van der Waals surface area contributed by atoms with Crippen molar-refractivity contribution in [3.8, 4) is 5.75 Å². The number of benzene rings is 1. The molecule has 0 fully saturated rings. The molecule has 1 heterocycles. The van der Waals surface area contributed by atoms with Crippen molar-refractivity contribution in [1.82, 2.24) is 15.2 Å². The molecule has 2 aromatic rings. The minimum Gasteiger partial charge on any atom is -0.484 e. The van der Waals surface area contributed by atoms with Gasteiger partial charge in [0.2, 0.25) is 0 Å². The molecule has 2 amide bonds. The van der Waals surface area contributed by atoms with Gasteiger partial charge in [0.25, 0.3) is 11.8 Å². The number of rotatable bonds is 14. The fourth-order valence-electron chi connectivity index (χ4n) is 2.62. The molecule has 10 heteroatoms. The molecule has 1 aromatic carbocycles. The molecule has 2 rings (SSSR count). The SMILES string of the molecule is COCCCNC(=O)c1csc(CN(CCCOC)C(=O)COc2ccc(Cl)cc2)n1. The van der Waals surface area contributed by atoms with E-state index < -0.39 is 0 Å². The van der Waals surface area contributed by atoms with Crippen molar-refractivity contribution in [2.45, 2.75) is 19.4 Å². The maximum atomic E-state index is 12.7. The van der Waals surface area contributed by atoms with Crippen LogP contribution in [0, 0.1) is 0 Å². The lowest BCUT2D eigenvalue weighted by Crippen LogP contribution is -2.35. The summed E-state index contributed by atoms with van der Waals surface area (Å²) in [5.74, 6) is 0.157. The Kier molecular flexibility index (Phi) is 11.3. The number of ether oxygens (including phenoxy) is 3. The van der Waals surface area contributed by atoms with Crippen LogP contribution >= 0.6 is 22.9 Å². The zero-order valence-corrected chi connectivity index (χ0v) is 19.3. The van der Waals surface area contributed by atoms with Crippen LogP contribution in [0.4, 0.5) is 0 Å². The molecule has 8 nitrogen and oxygen atoms in total. The summed E-state index contributed by atoms with van der Waals surface area (Å²) in [6.45, 7) is 2.33. The topological polar surface area (TPSA) is 90.0 Å². The lowest BCUT2D eigenvalue weighted by Gasteiger charge is -2.21. The second-order valence-electron chi connectivity index (χ2n) is 6.63. The van der Waals surface area contributed by atoms with Crippen LogP contribution in [-0.4, -0.2) is 68.8 Å². The van der Waals surface area contributed by atoms with E-state index in [0.29, 0.717) is 60.7 Å². The number of hydrogen-bond donors (Lipinski definition) is 1. The molecule has 0 saturated heterocycles. The number of methoxy groups -OCH3 is 2. The van der Waals surface area contributed by atoms with Crippen molar-refractivity contribution in [1.29, 1.82) is 0 Å². The van der Waals surface area contributed by atoms with Crippen LogP contribution < -0.4 is 10.1 Å². The van der Waals surface area contributed by atoms with Gasteiger partial charge in [-0.2, -0.15) is 0 Å². The first kappa shape index (κ1) is 25.1. The van der Waals surface area contributed by atoms with E-state index in [0.717, 1.165) is 6.42 Å². The molecule has 31 heavy (non-hydrogen) atoms. The largest absolute Gasteiger partial charge is 0.484 e. The van der Waals surface area contributed by atoms with Gasteiger partial charge < -0.3 is 24.4 Å². The van der Waals surface area contributed by atoms with E-state index in [1.54, 1.807) is 48.8 Å². The standard InChI is InChI=1S/C21H28ClN3O5S/c1-28-11-3-9-23-21(27)18-15-31-19(24-18)13-25(10-4-12-29-2)20(26)14-30-17-7-5-16(22)6-8-17/h5-8,15H,3-4,9-14H2,1-2H3,(H,23,27). The quantitative estimate of drug-likeness (QED) is 0.428. The van der Waals surface area contributed by atoms with Crippen molar-refractivity contribution in [3.63, 3.8) is 0 Å². The molecule has 0 atom stereocenters. The van der Waals surface area contributed by atoms with Crippen LogP contribution in [0.15, 0.2) is 29.6 Å². The maximum absolute atomic E-state index is 12.7. The normalized spacial score (nSPS) is 10.7. The summed E-state index contributed by atoms with van der Waals surface area (Å²) >= 11 is 7.22. The Balaban J connectivity index is 1.93. The second kappa shape index (κ2) is 14.0. The van der Waals surface area contributed by atoms with Gasteiger partial charge in [-0.1, -0.05) is 11.6 Å². The fraction of sp³-hybridized carbons (Fsp3) is 0.476. The number of carbonyl (C=O) groups excluding carboxylic acids is 2. The van der Waals surface area contributed by atoms with Gasteiger partial charge in [0, 0.05) is 50.9 Å². The van der Waals surface area contributed by atoms with Crippen LogP contribution in [0.25, 0.3) is 0 Å². The summed E-state index contributed by atoms with van der Waals surface area (Å²) in [5.41, 5.74) is 0.346. The van der Waals surface area contributed by atoms with Crippen molar-refractivity contribution in [2.75, 3.05) is 47.1 Å². The van der Waals surface area contributed by atoms with Gasteiger partial charge in [-0.25, -0.2) is 4.98 Å². The number of aromatic nitrogens is 1. The highest BCUT2D eigenvalue weighted by atomic mass is 35.5. The zero-order valence-electron chi connectivity index (χ0n) is 17.8. The smallest absolute Gasteiger partial charge is 0.270 e. The highest BCUT2D eigenvalue weighted by molar-refractivity contribution is 7.09.